The molecule has 166 valence electrons. The first kappa shape index (κ1) is 23.1. The number of rotatable bonds is 5. The molecule has 5 atom stereocenters. The highest BCUT2D eigenvalue weighted by atomic mass is 32.2. The molecule has 15 heteroatoms. The van der Waals surface area contributed by atoms with Crippen LogP contribution in [0, 0.1) is 11.8 Å². The van der Waals surface area contributed by atoms with E-state index in [2.05, 4.69) is 4.18 Å². The lowest BCUT2D eigenvalue weighted by Crippen LogP contribution is -2.65. The van der Waals surface area contributed by atoms with Gasteiger partial charge in [0.25, 0.3) is 0 Å². The molecule has 0 aromatic rings. The molecule has 10 nitrogen and oxygen atoms in total. The molecule has 2 fully saturated rings. The summed E-state index contributed by atoms with van der Waals surface area (Å²) in [6.07, 6.45) is -5.00. The fraction of sp³-hybridized carbons (Fsp3) is 0.786. The molecular weight excluding hydrogens is 434 g/mol. The zero-order chi connectivity index (χ0) is 22.8. The van der Waals surface area contributed by atoms with E-state index in [1.807, 2.05) is 0 Å². The van der Waals surface area contributed by atoms with E-state index in [0.29, 0.717) is 0 Å². The predicted octanol–water partition coefficient (Wildman–Crippen LogP) is 1.01. The number of aliphatic carboxylic acids is 2. The summed E-state index contributed by atoms with van der Waals surface area (Å²) in [5, 5.41) is 20.3. The molecule has 0 unspecified atom stereocenters. The van der Waals surface area contributed by atoms with Crippen molar-refractivity contribution in [3.8, 4) is 0 Å². The number of carbonyl (C=O) groups is 3. The monoisotopic (exact) mass is 451 g/mol. The maximum Gasteiger partial charge on any atom is 0.523 e. The molecule has 0 aliphatic heterocycles. The van der Waals surface area contributed by atoms with Crippen molar-refractivity contribution in [2.24, 2.45) is 11.8 Å². The molecule has 0 saturated heterocycles. The number of hydrogen-bond acceptors (Lipinski definition) is 7. The Kier molecular flexibility index (Phi) is 5.12. The van der Waals surface area contributed by atoms with Gasteiger partial charge in [-0.05, 0) is 27.2 Å². The molecule has 0 heterocycles. The fourth-order valence-electron chi connectivity index (χ4n) is 3.57. The third-order valence-corrected chi connectivity index (χ3v) is 5.72. The number of fused-ring (bicyclic) bond motifs is 1. The smallest absolute Gasteiger partial charge is 0.479 e. The number of alkyl carbamates (subject to hydrolysis) is 1. The molecule has 0 spiro atoms. The van der Waals surface area contributed by atoms with Gasteiger partial charge in [-0.25, -0.2) is 18.8 Å². The second-order valence-electron chi connectivity index (χ2n) is 7.68. The SMILES string of the molecule is CC(C)(C)OC(=O)N[C@@]1(C(=O)O)[C@@H](OS(=O)(=O)C(F)(F)F)C[C@@H]2[C@H]1[C@@]2(F)C(=O)O. The maximum absolute atomic E-state index is 14.7. The van der Waals surface area contributed by atoms with Crippen LogP contribution >= 0.6 is 0 Å². The second-order valence-corrected chi connectivity index (χ2v) is 9.24. The third kappa shape index (κ3) is 3.60. The average Bonchev–Trinajstić information content (AvgIpc) is 2.92. The number of nitrogens with one attached hydrogen (secondary N) is 1. The molecule has 2 rings (SSSR count). The molecule has 2 saturated carbocycles. The quantitative estimate of drug-likeness (QED) is 0.315. The minimum absolute atomic E-state index is 1.02. The Labute approximate surface area is 161 Å². The van der Waals surface area contributed by atoms with Gasteiger partial charge in [0.05, 0.1) is 0 Å². The van der Waals surface area contributed by atoms with Crippen molar-refractivity contribution >= 4 is 28.1 Å². The standard InChI is InChI=1S/C14H17F4NO9S/c1-11(2,3)27-10(24)19-13(9(22)23)6(28-29(25,26)14(16,17)18)4-5-7(13)12(5,15)8(20)21/h5-7H,4H2,1-3H3,(H,19,24)(H,20,21)(H,22,23)/t5-,6+,7+,12-,13+/m1/s1. The van der Waals surface area contributed by atoms with Gasteiger partial charge in [-0.3, -0.25) is 4.18 Å². The molecule has 1 amide bonds. The van der Waals surface area contributed by atoms with Crippen molar-refractivity contribution < 1.29 is 59.5 Å². The van der Waals surface area contributed by atoms with Crippen LogP contribution in [-0.2, 0) is 28.6 Å². The topological polar surface area (TPSA) is 156 Å². The number of ether oxygens (including phenoxy) is 1. The second kappa shape index (κ2) is 6.42. The third-order valence-electron chi connectivity index (χ3n) is 4.67. The number of alkyl halides is 4. The summed E-state index contributed by atoms with van der Waals surface area (Å²) >= 11 is 0. The summed E-state index contributed by atoms with van der Waals surface area (Å²) in [6.45, 7) is 4.06. The van der Waals surface area contributed by atoms with E-state index in [-0.39, 0.29) is 0 Å². The summed E-state index contributed by atoms with van der Waals surface area (Å²) in [4.78, 5) is 35.2. The van der Waals surface area contributed by atoms with Crippen molar-refractivity contribution in [2.45, 2.75) is 55.6 Å². The molecule has 2 aliphatic rings. The molecule has 29 heavy (non-hydrogen) atoms. The van der Waals surface area contributed by atoms with Crippen LogP contribution < -0.4 is 5.32 Å². The number of carboxylic acid groups (broad SMARTS) is 2. The molecule has 2 aliphatic carbocycles. The van der Waals surface area contributed by atoms with Gasteiger partial charge in [-0.1, -0.05) is 0 Å². The van der Waals surface area contributed by atoms with Crippen LogP contribution in [0.5, 0.6) is 0 Å². The van der Waals surface area contributed by atoms with Crippen molar-refractivity contribution in [1.29, 1.82) is 0 Å². The Morgan fingerprint density at radius 3 is 2.00 bits per heavy atom. The lowest BCUT2D eigenvalue weighted by molar-refractivity contribution is -0.155. The highest BCUT2D eigenvalue weighted by Crippen LogP contribution is 2.68. The van der Waals surface area contributed by atoms with Gasteiger partial charge in [0.1, 0.15) is 11.7 Å². The van der Waals surface area contributed by atoms with Gasteiger partial charge in [0.2, 0.25) is 5.67 Å². The van der Waals surface area contributed by atoms with Gasteiger partial charge < -0.3 is 20.3 Å². The van der Waals surface area contributed by atoms with Crippen molar-refractivity contribution in [3.05, 3.63) is 0 Å². The number of carbonyl (C=O) groups excluding carboxylic acids is 1. The van der Waals surface area contributed by atoms with E-state index >= 15 is 0 Å². The largest absolute Gasteiger partial charge is 0.523 e. The highest BCUT2D eigenvalue weighted by Gasteiger charge is 2.87. The van der Waals surface area contributed by atoms with Crippen molar-refractivity contribution in [1.82, 2.24) is 5.32 Å². The van der Waals surface area contributed by atoms with Crippen LogP contribution in [0.4, 0.5) is 22.4 Å². The lowest BCUT2D eigenvalue weighted by Gasteiger charge is -2.35. The summed E-state index contributed by atoms with van der Waals surface area (Å²) in [6, 6.07) is 0. The average molecular weight is 451 g/mol. The molecule has 0 aromatic carbocycles. The van der Waals surface area contributed by atoms with Crippen LogP contribution in [0.1, 0.15) is 27.2 Å². The van der Waals surface area contributed by atoms with Gasteiger partial charge >= 0.3 is 33.7 Å². The maximum atomic E-state index is 14.7. The first-order valence-electron chi connectivity index (χ1n) is 7.97. The van der Waals surface area contributed by atoms with E-state index in [1.165, 1.54) is 20.8 Å². The van der Waals surface area contributed by atoms with Gasteiger partial charge in [-0.2, -0.15) is 21.6 Å². The summed E-state index contributed by atoms with van der Waals surface area (Å²) < 4.78 is 84.3. The molecule has 0 radical (unpaired) electrons. The number of halogens is 4. The summed E-state index contributed by atoms with van der Waals surface area (Å²) in [5.41, 5.74) is -13.5. The zero-order valence-electron chi connectivity index (χ0n) is 15.1. The lowest BCUT2D eigenvalue weighted by atomic mass is 9.87. The Balaban J connectivity index is 2.50. The van der Waals surface area contributed by atoms with Gasteiger partial charge in [-0.15, -0.1) is 0 Å². The van der Waals surface area contributed by atoms with Crippen LogP contribution in [0.2, 0.25) is 0 Å². The molecule has 0 bridgehead atoms. The minimum atomic E-state index is -6.34. The highest BCUT2D eigenvalue weighted by molar-refractivity contribution is 7.87. The van der Waals surface area contributed by atoms with Crippen LogP contribution in [0.25, 0.3) is 0 Å². The van der Waals surface area contributed by atoms with E-state index < -0.39 is 74.8 Å². The number of hydrogen-bond donors (Lipinski definition) is 3. The van der Waals surface area contributed by atoms with E-state index in [0.717, 1.165) is 0 Å². The Morgan fingerprint density at radius 1 is 1.10 bits per heavy atom. The molecule has 0 aromatic heterocycles. The van der Waals surface area contributed by atoms with Crippen molar-refractivity contribution in [3.63, 3.8) is 0 Å². The van der Waals surface area contributed by atoms with Gasteiger partial charge in [0, 0.05) is 11.8 Å². The predicted molar refractivity (Wildman–Crippen MR) is 82.7 cm³/mol. The van der Waals surface area contributed by atoms with E-state index in [4.69, 9.17) is 9.84 Å². The summed E-state index contributed by atoms with van der Waals surface area (Å²) in [5.74, 6) is -8.09. The number of amides is 1. The first-order chi connectivity index (χ1) is 12.8. The Hall–Kier alpha value is -2.16. The fourth-order valence-corrected chi connectivity index (χ4v) is 4.21. The molecule has 3 N–H and O–H groups in total. The van der Waals surface area contributed by atoms with Crippen LogP contribution in [0.15, 0.2) is 0 Å². The Morgan fingerprint density at radius 2 is 1.62 bits per heavy atom. The first-order valence-corrected chi connectivity index (χ1v) is 9.38. The summed E-state index contributed by atoms with van der Waals surface area (Å²) in [7, 11) is -6.34. The van der Waals surface area contributed by atoms with Gasteiger partial charge in [0.15, 0.2) is 5.54 Å². The molecular formula is C14H17F4NO9S. The zero-order valence-corrected chi connectivity index (χ0v) is 15.9. The van der Waals surface area contributed by atoms with Crippen LogP contribution in [0.3, 0.4) is 0 Å². The van der Waals surface area contributed by atoms with Crippen LogP contribution in [-0.4, -0.2) is 65.1 Å². The number of carboxylic acids is 2. The Bertz CT molecular complexity index is 852. The van der Waals surface area contributed by atoms with E-state index in [1.54, 1.807) is 5.32 Å². The van der Waals surface area contributed by atoms with Crippen molar-refractivity contribution in [2.75, 3.05) is 0 Å². The minimum Gasteiger partial charge on any atom is -0.479 e. The van der Waals surface area contributed by atoms with E-state index in [9.17, 15) is 45.5 Å². The normalized spacial score (nSPS) is 34.2.